The van der Waals surface area contributed by atoms with Crippen LogP contribution in [0.4, 0.5) is 0 Å². The van der Waals surface area contributed by atoms with E-state index < -0.39 is 0 Å². The van der Waals surface area contributed by atoms with Gasteiger partial charge in [0.2, 0.25) is 0 Å². The molecule has 0 saturated carbocycles. The average molecular weight is 466 g/mol. The van der Waals surface area contributed by atoms with E-state index >= 15 is 0 Å². The number of rotatable bonds is 6. The maximum absolute atomic E-state index is 12.8. The topological polar surface area (TPSA) is 81.8 Å². The van der Waals surface area contributed by atoms with Gasteiger partial charge >= 0.3 is 0 Å². The Morgan fingerprint density at radius 3 is 2.67 bits per heavy atom. The van der Waals surface area contributed by atoms with E-state index in [4.69, 9.17) is 0 Å². The molecule has 0 radical (unpaired) electrons. The third kappa shape index (κ3) is 4.18. The summed E-state index contributed by atoms with van der Waals surface area (Å²) in [6.07, 6.45) is 3.07. The molecule has 4 aromatic rings. The molecule has 1 amide bonds. The molecule has 0 unspecified atom stereocenters. The lowest BCUT2D eigenvalue weighted by molar-refractivity contribution is 0.0951. The van der Waals surface area contributed by atoms with Crippen LogP contribution in [0.5, 0.6) is 0 Å². The van der Waals surface area contributed by atoms with Gasteiger partial charge in [0.15, 0.2) is 5.65 Å². The number of aromatic nitrogens is 4. The summed E-state index contributed by atoms with van der Waals surface area (Å²) in [4.78, 5) is 29.6. The third-order valence-electron chi connectivity index (χ3n) is 4.89. The van der Waals surface area contributed by atoms with E-state index in [0.717, 1.165) is 15.6 Å². The Labute approximate surface area is 181 Å². The molecule has 4 rings (SSSR count). The summed E-state index contributed by atoms with van der Waals surface area (Å²) >= 11 is 3.41. The van der Waals surface area contributed by atoms with Gasteiger partial charge in [0.25, 0.3) is 11.5 Å². The fraction of sp³-hybridized carbons (Fsp3) is 0.182. The number of fused-ring (bicyclic) bond motifs is 1. The minimum Gasteiger partial charge on any atom is -0.350 e. The van der Waals surface area contributed by atoms with Crippen LogP contribution in [0.2, 0.25) is 0 Å². The first-order valence-electron chi connectivity index (χ1n) is 9.52. The number of carbonyl (C=O) groups excluding carboxylic acids is 1. The number of aryl methyl sites for hydroxylation is 1. The second kappa shape index (κ2) is 8.62. The predicted octanol–water partition coefficient (Wildman–Crippen LogP) is 3.14. The van der Waals surface area contributed by atoms with Crippen molar-refractivity contribution < 1.29 is 4.79 Å². The number of benzene rings is 2. The third-order valence-corrected chi connectivity index (χ3v) is 5.42. The van der Waals surface area contributed by atoms with Crippen LogP contribution in [-0.4, -0.2) is 31.8 Å². The molecule has 2 heterocycles. The molecule has 0 fully saturated rings. The molecule has 0 aliphatic heterocycles. The predicted molar refractivity (Wildman–Crippen MR) is 119 cm³/mol. The van der Waals surface area contributed by atoms with Gasteiger partial charge in [0.05, 0.1) is 19.3 Å². The Kier molecular flexibility index (Phi) is 5.76. The first-order valence-corrected chi connectivity index (χ1v) is 10.3. The van der Waals surface area contributed by atoms with E-state index in [1.54, 1.807) is 15.3 Å². The number of carbonyl (C=O) groups is 1. The van der Waals surface area contributed by atoms with Gasteiger partial charge in [-0.05, 0) is 36.2 Å². The van der Waals surface area contributed by atoms with Crippen LogP contribution in [0.25, 0.3) is 11.0 Å². The van der Waals surface area contributed by atoms with Crippen molar-refractivity contribution in [1.29, 1.82) is 0 Å². The average Bonchev–Trinajstić information content (AvgIpc) is 3.15. The zero-order chi connectivity index (χ0) is 21.1. The van der Waals surface area contributed by atoms with Crippen molar-refractivity contribution in [2.24, 2.45) is 0 Å². The molecule has 0 aliphatic rings. The van der Waals surface area contributed by atoms with Crippen LogP contribution in [-0.2, 0) is 13.1 Å². The molecular weight excluding hydrogens is 446 g/mol. The van der Waals surface area contributed by atoms with Crippen molar-refractivity contribution in [1.82, 2.24) is 24.6 Å². The monoisotopic (exact) mass is 465 g/mol. The number of amides is 1. The Balaban J connectivity index is 1.46. The number of halogens is 1. The standard InChI is InChI=1S/C22H20BrN5O2/c1-15-4-2-3-5-18(15)21(29)24-10-11-28-20-19(12-26-28)22(30)27(14-25-20)13-16-6-8-17(23)9-7-16/h2-9,12,14H,10-11,13H2,1H3,(H,24,29). The summed E-state index contributed by atoms with van der Waals surface area (Å²) in [5.74, 6) is -0.130. The van der Waals surface area contributed by atoms with Gasteiger partial charge in [-0.1, -0.05) is 46.3 Å². The fourth-order valence-corrected chi connectivity index (χ4v) is 3.52. The van der Waals surface area contributed by atoms with E-state index in [1.165, 1.54) is 12.5 Å². The van der Waals surface area contributed by atoms with E-state index in [9.17, 15) is 9.59 Å². The van der Waals surface area contributed by atoms with Crippen molar-refractivity contribution in [3.8, 4) is 0 Å². The van der Waals surface area contributed by atoms with Crippen LogP contribution >= 0.6 is 15.9 Å². The smallest absolute Gasteiger partial charge is 0.264 e. The fourth-order valence-electron chi connectivity index (χ4n) is 3.26. The van der Waals surface area contributed by atoms with Crippen molar-refractivity contribution in [2.45, 2.75) is 20.0 Å². The van der Waals surface area contributed by atoms with Gasteiger partial charge in [0, 0.05) is 16.6 Å². The SMILES string of the molecule is Cc1ccccc1C(=O)NCCn1ncc2c(=O)n(Cc3ccc(Br)cc3)cnc21. The molecule has 8 heteroatoms. The molecule has 30 heavy (non-hydrogen) atoms. The summed E-state index contributed by atoms with van der Waals surface area (Å²) in [6.45, 7) is 3.14. The maximum Gasteiger partial charge on any atom is 0.264 e. The lowest BCUT2D eigenvalue weighted by Crippen LogP contribution is -2.28. The molecule has 2 aromatic carbocycles. The van der Waals surface area contributed by atoms with E-state index in [2.05, 4.69) is 31.3 Å². The zero-order valence-corrected chi connectivity index (χ0v) is 18.0. The van der Waals surface area contributed by atoms with Crippen LogP contribution in [0.3, 0.4) is 0 Å². The first-order chi connectivity index (χ1) is 14.5. The highest BCUT2D eigenvalue weighted by Gasteiger charge is 2.12. The lowest BCUT2D eigenvalue weighted by Gasteiger charge is -2.09. The van der Waals surface area contributed by atoms with Gasteiger partial charge in [0.1, 0.15) is 11.7 Å². The maximum atomic E-state index is 12.8. The summed E-state index contributed by atoms with van der Waals surface area (Å²) in [5, 5.41) is 7.64. The molecule has 7 nitrogen and oxygen atoms in total. The summed E-state index contributed by atoms with van der Waals surface area (Å²) in [5.41, 5.74) is 2.95. The van der Waals surface area contributed by atoms with E-state index in [1.807, 2.05) is 49.4 Å². The molecular formula is C22H20BrN5O2. The molecule has 152 valence electrons. The molecule has 2 aromatic heterocycles. The first kappa shape index (κ1) is 20.0. The number of hydrogen-bond donors (Lipinski definition) is 1. The van der Waals surface area contributed by atoms with Gasteiger partial charge in [-0.2, -0.15) is 5.10 Å². The number of nitrogens with one attached hydrogen (secondary N) is 1. The summed E-state index contributed by atoms with van der Waals surface area (Å²) < 4.78 is 4.19. The number of nitrogens with zero attached hydrogens (tertiary/aromatic N) is 4. The minimum absolute atomic E-state index is 0.130. The summed E-state index contributed by atoms with van der Waals surface area (Å²) in [6, 6.07) is 15.2. The molecule has 0 spiro atoms. The van der Waals surface area contributed by atoms with Gasteiger partial charge in [-0.3, -0.25) is 14.2 Å². The van der Waals surface area contributed by atoms with Crippen LogP contribution in [0.15, 0.2) is 70.3 Å². The van der Waals surface area contributed by atoms with Crippen LogP contribution < -0.4 is 10.9 Å². The Morgan fingerprint density at radius 1 is 1.13 bits per heavy atom. The van der Waals surface area contributed by atoms with E-state index in [-0.39, 0.29) is 11.5 Å². The second-order valence-electron chi connectivity index (χ2n) is 6.98. The highest BCUT2D eigenvalue weighted by atomic mass is 79.9. The molecule has 0 atom stereocenters. The van der Waals surface area contributed by atoms with Crippen molar-refractivity contribution in [3.05, 3.63) is 92.6 Å². The largest absolute Gasteiger partial charge is 0.350 e. The highest BCUT2D eigenvalue weighted by Crippen LogP contribution is 2.12. The molecule has 0 bridgehead atoms. The van der Waals surface area contributed by atoms with Crippen molar-refractivity contribution in [3.63, 3.8) is 0 Å². The molecule has 0 saturated heterocycles. The normalized spacial score (nSPS) is 11.0. The Hall–Kier alpha value is -3.26. The summed E-state index contributed by atoms with van der Waals surface area (Å²) in [7, 11) is 0. The molecule has 0 aliphatic carbocycles. The quantitative estimate of drug-likeness (QED) is 0.474. The van der Waals surface area contributed by atoms with Gasteiger partial charge in [-0.15, -0.1) is 0 Å². The van der Waals surface area contributed by atoms with Crippen LogP contribution in [0.1, 0.15) is 21.5 Å². The molecule has 1 N–H and O–H groups in total. The Morgan fingerprint density at radius 2 is 1.90 bits per heavy atom. The second-order valence-corrected chi connectivity index (χ2v) is 7.90. The van der Waals surface area contributed by atoms with Crippen molar-refractivity contribution in [2.75, 3.05) is 6.54 Å². The van der Waals surface area contributed by atoms with Crippen LogP contribution in [0, 0.1) is 6.92 Å². The lowest BCUT2D eigenvalue weighted by atomic mass is 10.1. The highest BCUT2D eigenvalue weighted by molar-refractivity contribution is 9.10. The Bertz CT molecular complexity index is 1260. The van der Waals surface area contributed by atoms with Gasteiger partial charge < -0.3 is 5.32 Å². The van der Waals surface area contributed by atoms with Crippen molar-refractivity contribution >= 4 is 32.9 Å². The minimum atomic E-state index is -0.141. The number of hydrogen-bond acceptors (Lipinski definition) is 4. The zero-order valence-electron chi connectivity index (χ0n) is 16.4. The van der Waals surface area contributed by atoms with Gasteiger partial charge in [-0.25, -0.2) is 9.67 Å². The van der Waals surface area contributed by atoms with E-state index in [0.29, 0.717) is 36.2 Å².